The average molecular weight is 353 g/mol. The van der Waals surface area contributed by atoms with Gasteiger partial charge in [-0.1, -0.05) is 17.7 Å². The molecule has 1 heterocycles. The fraction of sp³-hybridized carbons (Fsp3) is 0.588. The molecule has 3 N–H and O–H groups in total. The van der Waals surface area contributed by atoms with Crippen molar-refractivity contribution in [3.8, 4) is 0 Å². The zero-order valence-electron chi connectivity index (χ0n) is 14.6. The summed E-state index contributed by atoms with van der Waals surface area (Å²) in [6, 6.07) is 3.79. The monoisotopic (exact) mass is 353 g/mol. The predicted molar refractivity (Wildman–Crippen MR) is 94.2 cm³/mol. The third kappa shape index (κ3) is 4.15. The number of hydrogen-bond acceptors (Lipinski definition) is 4. The summed E-state index contributed by atoms with van der Waals surface area (Å²) in [6.07, 6.45) is 2.04. The molecule has 1 fully saturated rings. The number of carbonyl (C=O) groups excluding carboxylic acids is 1. The Bertz CT molecular complexity index is 693. The minimum absolute atomic E-state index is 0.0389. The first-order chi connectivity index (χ1) is 11.3. The van der Waals surface area contributed by atoms with E-state index in [-0.39, 0.29) is 24.9 Å². The summed E-state index contributed by atoms with van der Waals surface area (Å²) < 4.78 is 27.7. The van der Waals surface area contributed by atoms with E-state index in [4.69, 9.17) is 5.73 Å². The quantitative estimate of drug-likeness (QED) is 0.804. The Morgan fingerprint density at radius 1 is 1.29 bits per heavy atom. The van der Waals surface area contributed by atoms with E-state index in [2.05, 4.69) is 4.72 Å². The molecule has 1 aromatic rings. The molecule has 7 heteroatoms. The minimum atomic E-state index is -3.62. The van der Waals surface area contributed by atoms with Crippen LogP contribution in [0.1, 0.15) is 36.0 Å². The Morgan fingerprint density at radius 3 is 2.50 bits per heavy atom. The van der Waals surface area contributed by atoms with Gasteiger partial charge in [0.2, 0.25) is 15.9 Å². The fourth-order valence-electron chi connectivity index (χ4n) is 3.51. The molecule has 1 aromatic carbocycles. The number of sulfonamides is 1. The average Bonchev–Trinajstić information content (AvgIpc) is 2.93. The van der Waals surface area contributed by atoms with Crippen molar-refractivity contribution in [2.75, 3.05) is 19.6 Å². The summed E-state index contributed by atoms with van der Waals surface area (Å²) in [7, 11) is -3.62. The molecule has 2 rings (SSSR count). The molecule has 0 aromatic heterocycles. The molecule has 24 heavy (non-hydrogen) atoms. The maximum atomic E-state index is 12.6. The lowest BCUT2D eigenvalue weighted by Gasteiger charge is -2.23. The third-order valence-corrected chi connectivity index (χ3v) is 6.24. The first-order valence-electron chi connectivity index (χ1n) is 8.33. The van der Waals surface area contributed by atoms with Gasteiger partial charge in [-0.25, -0.2) is 13.1 Å². The first kappa shape index (κ1) is 18.9. The number of nitrogens with one attached hydrogen (secondary N) is 1. The van der Waals surface area contributed by atoms with E-state index >= 15 is 0 Å². The van der Waals surface area contributed by atoms with Gasteiger partial charge in [-0.15, -0.1) is 0 Å². The number of hydrogen-bond donors (Lipinski definition) is 2. The molecule has 1 aliphatic rings. The van der Waals surface area contributed by atoms with Gasteiger partial charge in [-0.05, 0) is 44.7 Å². The number of likely N-dealkylation sites (tertiary alicyclic amines) is 1. The van der Waals surface area contributed by atoms with Crippen LogP contribution in [0, 0.1) is 20.8 Å². The van der Waals surface area contributed by atoms with Crippen molar-refractivity contribution in [1.29, 1.82) is 0 Å². The molecule has 1 amide bonds. The highest BCUT2D eigenvalue weighted by atomic mass is 32.2. The molecule has 0 spiro atoms. The predicted octanol–water partition coefficient (Wildman–Crippen LogP) is 1.23. The Morgan fingerprint density at radius 2 is 1.92 bits per heavy atom. The van der Waals surface area contributed by atoms with Crippen molar-refractivity contribution in [3.05, 3.63) is 28.8 Å². The van der Waals surface area contributed by atoms with Gasteiger partial charge in [0.15, 0.2) is 0 Å². The number of carbonyl (C=O) groups is 1. The molecule has 134 valence electrons. The minimum Gasteiger partial charge on any atom is -0.338 e. The number of nitrogens with zero attached hydrogens (tertiary/aromatic N) is 1. The Kier molecular flexibility index (Phi) is 6.01. The fourth-order valence-corrected chi connectivity index (χ4v) is 4.99. The number of nitrogens with two attached hydrogens (primary N) is 1. The van der Waals surface area contributed by atoms with Gasteiger partial charge >= 0.3 is 0 Å². The summed E-state index contributed by atoms with van der Waals surface area (Å²) in [4.78, 5) is 14.3. The molecule has 1 atom stereocenters. The highest BCUT2D eigenvalue weighted by Gasteiger charge is 2.27. The van der Waals surface area contributed by atoms with Crippen molar-refractivity contribution in [1.82, 2.24) is 9.62 Å². The number of amides is 1. The number of benzene rings is 1. The van der Waals surface area contributed by atoms with Gasteiger partial charge < -0.3 is 10.6 Å². The van der Waals surface area contributed by atoms with E-state index in [9.17, 15) is 13.2 Å². The molecular weight excluding hydrogens is 326 g/mol. The van der Waals surface area contributed by atoms with Crippen molar-refractivity contribution in [2.24, 2.45) is 5.73 Å². The van der Waals surface area contributed by atoms with Crippen molar-refractivity contribution in [3.63, 3.8) is 0 Å². The number of aryl methyl sites for hydroxylation is 3. The lowest BCUT2D eigenvalue weighted by Crippen LogP contribution is -2.41. The summed E-state index contributed by atoms with van der Waals surface area (Å²) in [5.41, 5.74) is 8.14. The lowest BCUT2D eigenvalue weighted by molar-refractivity contribution is -0.131. The smallest absolute Gasteiger partial charge is 0.241 e. The highest BCUT2D eigenvalue weighted by molar-refractivity contribution is 7.89. The Balaban J connectivity index is 2.00. The van der Waals surface area contributed by atoms with Crippen LogP contribution in [0.4, 0.5) is 0 Å². The van der Waals surface area contributed by atoms with Crippen LogP contribution in [0.15, 0.2) is 17.0 Å². The van der Waals surface area contributed by atoms with Crippen molar-refractivity contribution < 1.29 is 13.2 Å². The second kappa shape index (κ2) is 7.63. The zero-order chi connectivity index (χ0) is 17.9. The van der Waals surface area contributed by atoms with Crippen LogP contribution in [0.2, 0.25) is 0 Å². The van der Waals surface area contributed by atoms with Crippen LogP contribution in [0.25, 0.3) is 0 Å². The summed E-state index contributed by atoms with van der Waals surface area (Å²) in [6.45, 7) is 6.78. The molecular formula is C17H27N3O3S. The van der Waals surface area contributed by atoms with Gasteiger partial charge in [-0.2, -0.15) is 0 Å². The van der Waals surface area contributed by atoms with Crippen LogP contribution in [0.3, 0.4) is 0 Å². The van der Waals surface area contributed by atoms with Crippen LogP contribution in [-0.2, 0) is 14.8 Å². The largest absolute Gasteiger partial charge is 0.338 e. The molecule has 0 radical (unpaired) electrons. The molecule has 1 saturated heterocycles. The summed E-state index contributed by atoms with van der Waals surface area (Å²) >= 11 is 0. The van der Waals surface area contributed by atoms with Crippen LogP contribution < -0.4 is 10.5 Å². The van der Waals surface area contributed by atoms with E-state index in [0.717, 1.165) is 18.4 Å². The molecule has 0 bridgehead atoms. The van der Waals surface area contributed by atoms with E-state index < -0.39 is 10.0 Å². The van der Waals surface area contributed by atoms with Gasteiger partial charge in [0, 0.05) is 32.1 Å². The molecule has 6 nitrogen and oxygen atoms in total. The van der Waals surface area contributed by atoms with Gasteiger partial charge in [0.05, 0.1) is 4.90 Å². The summed E-state index contributed by atoms with van der Waals surface area (Å²) in [5, 5.41) is 0. The molecule has 0 aliphatic carbocycles. The molecule has 1 aliphatic heterocycles. The van der Waals surface area contributed by atoms with Gasteiger partial charge in [0.1, 0.15) is 0 Å². The van der Waals surface area contributed by atoms with Crippen LogP contribution in [0.5, 0.6) is 0 Å². The maximum Gasteiger partial charge on any atom is 0.241 e. The Hall–Kier alpha value is -1.44. The molecule has 1 unspecified atom stereocenters. The standard InChI is InChI=1S/C17H27N3O3S/c1-12-9-13(2)17(14(3)10-12)24(22,23)19-7-6-16(21)20-8-4-5-15(20)11-18/h9-10,15,19H,4-8,11,18H2,1-3H3. The van der Waals surface area contributed by atoms with Gasteiger partial charge in [0.25, 0.3) is 0 Å². The van der Waals surface area contributed by atoms with Crippen LogP contribution in [-0.4, -0.2) is 44.9 Å². The Labute approximate surface area is 144 Å². The van der Waals surface area contributed by atoms with E-state index in [1.54, 1.807) is 18.7 Å². The summed E-state index contributed by atoms with van der Waals surface area (Å²) in [5.74, 6) is -0.0389. The highest BCUT2D eigenvalue weighted by Crippen LogP contribution is 2.22. The van der Waals surface area contributed by atoms with Crippen LogP contribution >= 0.6 is 0 Å². The van der Waals surface area contributed by atoms with Crippen molar-refractivity contribution in [2.45, 2.75) is 51.0 Å². The zero-order valence-corrected chi connectivity index (χ0v) is 15.4. The van der Waals surface area contributed by atoms with E-state index in [0.29, 0.717) is 29.1 Å². The SMILES string of the molecule is Cc1cc(C)c(S(=O)(=O)NCCC(=O)N2CCCC2CN)c(C)c1. The third-order valence-electron chi connectivity index (χ3n) is 4.47. The maximum absolute atomic E-state index is 12.6. The van der Waals surface area contributed by atoms with Crippen molar-refractivity contribution >= 4 is 15.9 Å². The molecule has 0 saturated carbocycles. The second-order valence-corrected chi connectivity index (χ2v) is 8.20. The number of rotatable bonds is 6. The van der Waals surface area contributed by atoms with Gasteiger partial charge in [-0.3, -0.25) is 4.79 Å². The van der Waals surface area contributed by atoms with E-state index in [1.807, 2.05) is 19.1 Å². The van der Waals surface area contributed by atoms with E-state index in [1.165, 1.54) is 0 Å². The lowest BCUT2D eigenvalue weighted by atomic mass is 10.1. The normalized spacial score (nSPS) is 18.2. The first-order valence-corrected chi connectivity index (χ1v) is 9.81. The topological polar surface area (TPSA) is 92.5 Å². The second-order valence-electron chi connectivity index (χ2n) is 6.49.